The van der Waals surface area contributed by atoms with Gasteiger partial charge in [-0.05, 0) is 37.7 Å². The molecule has 0 aromatic heterocycles. The van der Waals surface area contributed by atoms with E-state index in [1.807, 2.05) is 44.2 Å². The van der Waals surface area contributed by atoms with Crippen LogP contribution in [0.4, 0.5) is 4.79 Å². The molecule has 2 rings (SSSR count). The lowest BCUT2D eigenvalue weighted by molar-refractivity contribution is -0.135. The Bertz CT molecular complexity index is 675. The lowest BCUT2D eigenvalue weighted by atomic mass is 9.85. The van der Waals surface area contributed by atoms with E-state index in [-0.39, 0.29) is 24.4 Å². The summed E-state index contributed by atoms with van der Waals surface area (Å²) in [6, 6.07) is 8.73. The molecular weight excluding hydrogens is 342 g/mol. The van der Waals surface area contributed by atoms with Crippen molar-refractivity contribution in [1.29, 1.82) is 0 Å². The molecule has 1 aromatic carbocycles. The number of hydrogen-bond acceptors (Lipinski definition) is 3. The van der Waals surface area contributed by atoms with Gasteiger partial charge < -0.3 is 10.6 Å². The largest absolute Gasteiger partial charge is 0.352 e. The van der Waals surface area contributed by atoms with Gasteiger partial charge in [0.05, 0.1) is 0 Å². The lowest BCUT2D eigenvalue weighted by Gasteiger charge is -2.27. The molecule has 1 aromatic rings. The number of nitrogens with one attached hydrogen (secondary N) is 2. The minimum Gasteiger partial charge on any atom is -0.352 e. The highest BCUT2D eigenvalue weighted by Crippen LogP contribution is 2.33. The van der Waals surface area contributed by atoms with Crippen LogP contribution in [0.25, 0.3) is 0 Å². The minimum atomic E-state index is -1.09. The third-order valence-electron chi connectivity index (χ3n) is 4.95. The Morgan fingerprint density at radius 1 is 1.15 bits per heavy atom. The number of imide groups is 1. The summed E-state index contributed by atoms with van der Waals surface area (Å²) in [6.07, 6.45) is 3.10. The Balaban J connectivity index is 2.09. The van der Waals surface area contributed by atoms with Crippen LogP contribution < -0.4 is 10.6 Å². The van der Waals surface area contributed by atoms with E-state index >= 15 is 0 Å². The number of carbonyl (C=O) groups excluding carboxylic acids is 3. The van der Waals surface area contributed by atoms with Crippen molar-refractivity contribution in [3.63, 3.8) is 0 Å². The fraction of sp³-hybridized carbons (Fsp3) is 0.571. The van der Waals surface area contributed by atoms with Crippen LogP contribution in [0.1, 0.15) is 58.9 Å². The summed E-state index contributed by atoms with van der Waals surface area (Å²) >= 11 is 0. The molecule has 0 unspecified atom stereocenters. The van der Waals surface area contributed by atoms with E-state index in [1.165, 1.54) is 0 Å². The van der Waals surface area contributed by atoms with Crippen molar-refractivity contribution in [3.05, 3.63) is 35.9 Å². The van der Waals surface area contributed by atoms with Crippen molar-refractivity contribution in [2.75, 3.05) is 6.54 Å². The van der Waals surface area contributed by atoms with Crippen LogP contribution in [0, 0.1) is 5.92 Å². The van der Waals surface area contributed by atoms with Gasteiger partial charge in [0, 0.05) is 6.04 Å². The van der Waals surface area contributed by atoms with Gasteiger partial charge in [0.25, 0.3) is 5.91 Å². The molecule has 148 valence electrons. The molecule has 1 heterocycles. The standard InChI is InChI=1S/C21H31N3O3/c1-5-13-21(17-9-7-6-8-10-17)19(26)24(20(27)23-21)14-18(25)22-16(4)12-11-15(2)3/h6-10,15-16H,5,11-14H2,1-4H3,(H,22,25)(H,23,27)/t16-,21+/m0/s1. The summed E-state index contributed by atoms with van der Waals surface area (Å²) in [5.41, 5.74) is -0.338. The van der Waals surface area contributed by atoms with E-state index in [4.69, 9.17) is 0 Å². The van der Waals surface area contributed by atoms with E-state index in [2.05, 4.69) is 24.5 Å². The molecule has 0 spiro atoms. The summed E-state index contributed by atoms with van der Waals surface area (Å²) in [6.45, 7) is 7.93. The van der Waals surface area contributed by atoms with Crippen LogP contribution in [-0.2, 0) is 15.1 Å². The lowest BCUT2D eigenvalue weighted by Crippen LogP contribution is -2.46. The normalized spacial score (nSPS) is 20.7. The minimum absolute atomic E-state index is 0.00943. The first-order valence-electron chi connectivity index (χ1n) is 9.79. The molecule has 2 atom stereocenters. The summed E-state index contributed by atoms with van der Waals surface area (Å²) in [4.78, 5) is 39.0. The fourth-order valence-electron chi connectivity index (χ4n) is 3.50. The number of rotatable bonds is 9. The Kier molecular flexibility index (Phi) is 6.99. The van der Waals surface area contributed by atoms with Gasteiger partial charge in [-0.3, -0.25) is 14.5 Å². The predicted molar refractivity (Wildman–Crippen MR) is 105 cm³/mol. The number of hydrogen-bond donors (Lipinski definition) is 2. The maximum atomic E-state index is 13.1. The second-order valence-corrected chi connectivity index (χ2v) is 7.78. The average Bonchev–Trinajstić information content (AvgIpc) is 2.86. The fourth-order valence-corrected chi connectivity index (χ4v) is 3.50. The van der Waals surface area contributed by atoms with Gasteiger partial charge in [0.1, 0.15) is 12.1 Å². The molecule has 0 saturated carbocycles. The Hall–Kier alpha value is -2.37. The number of carbonyl (C=O) groups is 3. The number of nitrogens with zero attached hydrogens (tertiary/aromatic N) is 1. The van der Waals surface area contributed by atoms with E-state index < -0.39 is 11.6 Å². The Morgan fingerprint density at radius 2 is 1.81 bits per heavy atom. The first-order chi connectivity index (χ1) is 12.8. The third kappa shape index (κ3) is 4.87. The van der Waals surface area contributed by atoms with Crippen LogP contribution in [0.5, 0.6) is 0 Å². The zero-order valence-electron chi connectivity index (χ0n) is 16.7. The quantitative estimate of drug-likeness (QED) is 0.653. The first-order valence-corrected chi connectivity index (χ1v) is 9.79. The van der Waals surface area contributed by atoms with Gasteiger partial charge in [-0.15, -0.1) is 0 Å². The smallest absolute Gasteiger partial charge is 0.325 e. The maximum Gasteiger partial charge on any atom is 0.325 e. The van der Waals surface area contributed by atoms with E-state index in [0.717, 1.165) is 29.7 Å². The van der Waals surface area contributed by atoms with E-state index in [9.17, 15) is 14.4 Å². The average molecular weight is 373 g/mol. The highest BCUT2D eigenvalue weighted by molar-refractivity contribution is 6.09. The molecule has 0 aliphatic carbocycles. The van der Waals surface area contributed by atoms with Crippen LogP contribution in [0.2, 0.25) is 0 Å². The Labute approximate surface area is 161 Å². The molecule has 1 aliphatic rings. The second kappa shape index (κ2) is 9.02. The molecule has 1 aliphatic heterocycles. The second-order valence-electron chi connectivity index (χ2n) is 7.78. The van der Waals surface area contributed by atoms with Crippen LogP contribution in [0.15, 0.2) is 30.3 Å². The van der Waals surface area contributed by atoms with Crippen molar-refractivity contribution in [1.82, 2.24) is 15.5 Å². The van der Waals surface area contributed by atoms with Crippen molar-refractivity contribution in [2.24, 2.45) is 5.92 Å². The zero-order valence-corrected chi connectivity index (χ0v) is 16.7. The van der Waals surface area contributed by atoms with E-state index in [1.54, 1.807) is 0 Å². The maximum absolute atomic E-state index is 13.1. The van der Waals surface area contributed by atoms with Gasteiger partial charge in [0.2, 0.25) is 5.91 Å². The first kappa shape index (κ1) is 20.9. The molecule has 1 saturated heterocycles. The summed E-state index contributed by atoms with van der Waals surface area (Å²) in [7, 11) is 0. The van der Waals surface area contributed by atoms with Crippen LogP contribution in [-0.4, -0.2) is 35.3 Å². The molecule has 0 bridgehead atoms. The molecule has 0 radical (unpaired) electrons. The number of benzene rings is 1. The SMILES string of the molecule is CCC[C@]1(c2ccccc2)NC(=O)N(CC(=O)N[C@@H](C)CCC(C)C)C1=O. The number of amides is 4. The molecule has 4 amide bonds. The monoisotopic (exact) mass is 373 g/mol. The van der Waals surface area contributed by atoms with Gasteiger partial charge in [-0.2, -0.15) is 0 Å². The van der Waals surface area contributed by atoms with Crippen molar-refractivity contribution < 1.29 is 14.4 Å². The molecule has 6 nitrogen and oxygen atoms in total. The van der Waals surface area contributed by atoms with E-state index in [0.29, 0.717) is 12.3 Å². The van der Waals surface area contributed by atoms with Crippen LogP contribution in [0.3, 0.4) is 0 Å². The highest BCUT2D eigenvalue weighted by atomic mass is 16.2. The third-order valence-corrected chi connectivity index (χ3v) is 4.95. The predicted octanol–water partition coefficient (Wildman–Crippen LogP) is 3.17. The van der Waals surface area contributed by atoms with Crippen molar-refractivity contribution in [2.45, 2.75) is 65.0 Å². The Morgan fingerprint density at radius 3 is 2.41 bits per heavy atom. The molecule has 2 N–H and O–H groups in total. The highest BCUT2D eigenvalue weighted by Gasteiger charge is 2.52. The summed E-state index contributed by atoms with van der Waals surface area (Å²) in [5.74, 6) is -0.100. The van der Waals surface area contributed by atoms with Gasteiger partial charge in [0.15, 0.2) is 0 Å². The molecular formula is C21H31N3O3. The topological polar surface area (TPSA) is 78.5 Å². The van der Waals surface area contributed by atoms with Crippen molar-refractivity contribution in [3.8, 4) is 0 Å². The number of urea groups is 1. The zero-order chi connectivity index (χ0) is 20.0. The summed E-state index contributed by atoms with van der Waals surface area (Å²) in [5, 5.41) is 5.73. The van der Waals surface area contributed by atoms with Crippen molar-refractivity contribution >= 4 is 17.8 Å². The van der Waals surface area contributed by atoms with Gasteiger partial charge in [-0.1, -0.05) is 57.5 Å². The summed E-state index contributed by atoms with van der Waals surface area (Å²) < 4.78 is 0. The molecule has 1 fully saturated rings. The molecule has 27 heavy (non-hydrogen) atoms. The van der Waals surface area contributed by atoms with Gasteiger partial charge in [-0.25, -0.2) is 4.79 Å². The van der Waals surface area contributed by atoms with Crippen LogP contribution >= 0.6 is 0 Å². The van der Waals surface area contributed by atoms with Gasteiger partial charge >= 0.3 is 6.03 Å². The molecule has 6 heteroatoms.